The molecule has 3 aliphatic rings. The van der Waals surface area contributed by atoms with Gasteiger partial charge in [0, 0.05) is 22.5 Å². The summed E-state index contributed by atoms with van der Waals surface area (Å²) < 4.78 is 42.1. The van der Waals surface area contributed by atoms with Gasteiger partial charge in [-0.1, -0.05) is 0 Å². The van der Waals surface area contributed by atoms with Gasteiger partial charge < -0.3 is 9.73 Å². The van der Waals surface area contributed by atoms with Crippen molar-refractivity contribution >= 4 is 17.7 Å². The second-order valence-corrected chi connectivity index (χ2v) is 8.14. The van der Waals surface area contributed by atoms with Gasteiger partial charge in [-0.2, -0.15) is 13.2 Å². The molecular formula is C18H19F3N4O2S. The standard InChI is InChI=1S/C18H19F3N4O2S/c1-10-14(11-6-8-25(10)9-7-11)22-15(26)12-2-4-13(5-3-12)28-17-24-23-16(27-17)18(19,20)21/h2-5,10-11,14H,6-9H2,1H3,(H,22,26)/t10-,14-/m0/s1. The van der Waals surface area contributed by atoms with E-state index in [1.165, 1.54) is 0 Å². The Bertz CT molecular complexity index is 845. The van der Waals surface area contributed by atoms with Crippen LogP contribution in [0, 0.1) is 5.92 Å². The molecule has 3 aliphatic heterocycles. The largest absolute Gasteiger partial charge is 0.470 e. The van der Waals surface area contributed by atoms with Crippen LogP contribution in [0.15, 0.2) is 38.8 Å². The number of carbonyl (C=O) groups excluding carboxylic acids is 1. The van der Waals surface area contributed by atoms with Crippen LogP contribution in [0.1, 0.15) is 36.0 Å². The molecule has 2 bridgehead atoms. The number of hydrogen-bond donors (Lipinski definition) is 1. The van der Waals surface area contributed by atoms with Crippen molar-refractivity contribution in [1.82, 2.24) is 20.4 Å². The summed E-state index contributed by atoms with van der Waals surface area (Å²) in [5.74, 6) is -1.00. The van der Waals surface area contributed by atoms with E-state index in [-0.39, 0.29) is 17.2 Å². The molecule has 0 saturated carbocycles. The Morgan fingerprint density at radius 2 is 1.89 bits per heavy atom. The van der Waals surface area contributed by atoms with Crippen molar-refractivity contribution in [3.63, 3.8) is 0 Å². The number of benzene rings is 1. The first-order valence-corrected chi connectivity index (χ1v) is 9.86. The third-order valence-electron chi connectivity index (χ3n) is 5.45. The second kappa shape index (κ2) is 7.40. The van der Waals surface area contributed by atoms with Crippen LogP contribution in [0.2, 0.25) is 0 Å². The van der Waals surface area contributed by atoms with Crippen LogP contribution in [-0.2, 0) is 6.18 Å². The van der Waals surface area contributed by atoms with Gasteiger partial charge in [0.15, 0.2) is 0 Å². The molecular weight excluding hydrogens is 393 g/mol. The highest BCUT2D eigenvalue weighted by Gasteiger charge is 2.40. The summed E-state index contributed by atoms with van der Waals surface area (Å²) in [6.07, 6.45) is -2.45. The molecule has 2 aromatic rings. The number of alkyl halides is 3. The molecule has 0 unspecified atom stereocenters. The van der Waals surface area contributed by atoms with Crippen LogP contribution in [0.25, 0.3) is 0 Å². The van der Waals surface area contributed by atoms with Gasteiger partial charge in [-0.3, -0.25) is 9.69 Å². The Hall–Kier alpha value is -2.07. The lowest BCUT2D eigenvalue weighted by Crippen LogP contribution is -2.62. The minimum atomic E-state index is -4.67. The molecule has 28 heavy (non-hydrogen) atoms. The molecule has 1 amide bonds. The first-order valence-electron chi connectivity index (χ1n) is 9.05. The maximum atomic E-state index is 12.6. The number of rotatable bonds is 4. The average Bonchev–Trinajstić information content (AvgIpc) is 3.14. The van der Waals surface area contributed by atoms with Crippen molar-refractivity contribution in [3.8, 4) is 0 Å². The molecule has 6 nitrogen and oxygen atoms in total. The minimum absolute atomic E-state index is 0.140. The van der Waals surface area contributed by atoms with E-state index in [2.05, 4.69) is 31.8 Å². The number of halogens is 3. The van der Waals surface area contributed by atoms with E-state index in [4.69, 9.17) is 0 Å². The maximum absolute atomic E-state index is 12.6. The van der Waals surface area contributed by atoms with Crippen LogP contribution in [0.5, 0.6) is 0 Å². The normalized spacial score (nSPS) is 27.0. The summed E-state index contributed by atoms with van der Waals surface area (Å²) in [5, 5.41) is 9.32. The Morgan fingerprint density at radius 3 is 2.46 bits per heavy atom. The molecule has 0 aliphatic carbocycles. The van der Waals surface area contributed by atoms with Crippen LogP contribution in [-0.4, -0.2) is 46.2 Å². The molecule has 1 N–H and O–H groups in total. The Labute approximate surface area is 163 Å². The van der Waals surface area contributed by atoms with E-state index in [1.807, 2.05) is 0 Å². The minimum Gasteiger partial charge on any atom is -0.407 e. The quantitative estimate of drug-likeness (QED) is 0.830. The fraction of sp³-hybridized carbons (Fsp3) is 0.500. The number of fused-ring (bicyclic) bond motifs is 3. The van der Waals surface area contributed by atoms with Gasteiger partial charge in [0.05, 0.1) is 0 Å². The molecule has 2 atom stereocenters. The molecule has 0 spiro atoms. The smallest absolute Gasteiger partial charge is 0.407 e. The van der Waals surface area contributed by atoms with Gasteiger partial charge in [-0.05, 0) is 74.8 Å². The zero-order valence-corrected chi connectivity index (χ0v) is 15.9. The number of nitrogens with one attached hydrogen (secondary N) is 1. The summed E-state index contributed by atoms with van der Waals surface area (Å²) in [7, 11) is 0. The van der Waals surface area contributed by atoms with Crippen molar-refractivity contribution in [1.29, 1.82) is 0 Å². The lowest BCUT2D eigenvalue weighted by atomic mass is 9.79. The fourth-order valence-corrected chi connectivity index (χ4v) is 4.60. The number of aromatic nitrogens is 2. The van der Waals surface area contributed by atoms with Crippen molar-refractivity contribution in [3.05, 3.63) is 35.7 Å². The highest BCUT2D eigenvalue weighted by atomic mass is 32.2. The summed E-state index contributed by atoms with van der Waals surface area (Å²) >= 11 is 0.912. The Balaban J connectivity index is 1.39. The summed E-state index contributed by atoms with van der Waals surface area (Å²) in [6.45, 7) is 4.33. The van der Waals surface area contributed by atoms with Gasteiger partial charge in [-0.15, -0.1) is 10.2 Å². The zero-order chi connectivity index (χ0) is 19.9. The lowest BCUT2D eigenvalue weighted by Gasteiger charge is -2.49. The van der Waals surface area contributed by atoms with E-state index in [0.717, 1.165) is 37.7 Å². The number of nitrogens with zero attached hydrogens (tertiary/aromatic N) is 3. The molecule has 3 fully saturated rings. The van der Waals surface area contributed by atoms with Crippen LogP contribution in [0.3, 0.4) is 0 Å². The third-order valence-corrected chi connectivity index (χ3v) is 6.29. The molecule has 150 valence electrons. The molecule has 4 heterocycles. The zero-order valence-electron chi connectivity index (χ0n) is 15.1. The third kappa shape index (κ3) is 3.88. The van der Waals surface area contributed by atoms with E-state index >= 15 is 0 Å². The van der Waals surface area contributed by atoms with E-state index in [1.54, 1.807) is 24.3 Å². The van der Waals surface area contributed by atoms with Gasteiger partial charge in [0.2, 0.25) is 0 Å². The van der Waals surface area contributed by atoms with Gasteiger partial charge in [-0.25, -0.2) is 0 Å². The van der Waals surface area contributed by atoms with E-state index in [9.17, 15) is 18.0 Å². The molecule has 1 aromatic carbocycles. The number of carbonyl (C=O) groups is 1. The number of hydrogen-bond acceptors (Lipinski definition) is 6. The van der Waals surface area contributed by atoms with Crippen molar-refractivity contribution in [2.75, 3.05) is 13.1 Å². The van der Waals surface area contributed by atoms with Gasteiger partial charge >= 0.3 is 12.1 Å². The second-order valence-electron chi connectivity index (χ2n) is 7.11. The lowest BCUT2D eigenvalue weighted by molar-refractivity contribution is -0.158. The molecule has 1 aromatic heterocycles. The highest BCUT2D eigenvalue weighted by Crippen LogP contribution is 2.34. The molecule has 10 heteroatoms. The summed E-state index contributed by atoms with van der Waals surface area (Å²) in [5.41, 5.74) is 0.509. The van der Waals surface area contributed by atoms with Crippen LogP contribution >= 0.6 is 11.8 Å². The summed E-state index contributed by atoms with van der Waals surface area (Å²) in [4.78, 5) is 15.6. The summed E-state index contributed by atoms with van der Waals surface area (Å²) in [6, 6.07) is 7.05. The molecule has 5 rings (SSSR count). The van der Waals surface area contributed by atoms with Crippen molar-refractivity contribution < 1.29 is 22.4 Å². The number of piperidine rings is 3. The van der Waals surface area contributed by atoms with E-state index < -0.39 is 12.1 Å². The monoisotopic (exact) mass is 412 g/mol. The first-order chi connectivity index (χ1) is 13.3. The predicted octanol–water partition coefficient (Wildman–Crippen LogP) is 3.45. The van der Waals surface area contributed by atoms with E-state index in [0.29, 0.717) is 22.4 Å². The molecule has 3 saturated heterocycles. The Kier molecular flexibility index (Phi) is 5.09. The SMILES string of the molecule is C[C@H]1[C@H](NC(=O)c2ccc(Sc3nnc(C(F)(F)F)o3)cc2)C2CCN1CC2. The average molecular weight is 412 g/mol. The van der Waals surface area contributed by atoms with Crippen molar-refractivity contribution in [2.45, 2.75) is 48.1 Å². The Morgan fingerprint density at radius 1 is 1.21 bits per heavy atom. The fourth-order valence-electron chi connectivity index (χ4n) is 3.92. The van der Waals surface area contributed by atoms with Gasteiger partial charge in [0.25, 0.3) is 11.1 Å². The van der Waals surface area contributed by atoms with Crippen LogP contribution in [0.4, 0.5) is 13.2 Å². The number of amides is 1. The highest BCUT2D eigenvalue weighted by molar-refractivity contribution is 7.99. The van der Waals surface area contributed by atoms with Crippen molar-refractivity contribution in [2.24, 2.45) is 5.92 Å². The van der Waals surface area contributed by atoms with Crippen LogP contribution < -0.4 is 5.32 Å². The molecule has 0 radical (unpaired) electrons. The first kappa shape index (κ1) is 19.3. The maximum Gasteiger partial charge on any atom is 0.470 e. The predicted molar refractivity (Wildman–Crippen MR) is 94.9 cm³/mol. The van der Waals surface area contributed by atoms with Gasteiger partial charge in [0.1, 0.15) is 0 Å². The topological polar surface area (TPSA) is 71.3 Å².